The Balaban J connectivity index is 3.35. The van der Waals surface area contributed by atoms with Crippen molar-refractivity contribution in [3.05, 3.63) is 28.8 Å². The Morgan fingerprint density at radius 1 is 1.62 bits per heavy atom. The van der Waals surface area contributed by atoms with E-state index in [0.29, 0.717) is 10.5 Å². The van der Waals surface area contributed by atoms with Gasteiger partial charge in [-0.3, -0.25) is 0 Å². The molecule has 1 N–H and O–H groups in total. The molecule has 0 aliphatic carbocycles. The fourth-order valence-corrected chi connectivity index (χ4v) is 1.58. The number of benzene rings is 1. The van der Waals surface area contributed by atoms with E-state index in [1.165, 1.54) is 0 Å². The predicted octanol–water partition coefficient (Wildman–Crippen LogP) is 1.52. The van der Waals surface area contributed by atoms with Crippen molar-refractivity contribution in [2.45, 2.75) is 18.4 Å². The monoisotopic (exact) mass is 237 g/mol. The summed E-state index contributed by atoms with van der Waals surface area (Å²) in [6.07, 6.45) is 0. The fraction of sp³-hybridized carbons (Fsp3) is 0.273. The highest BCUT2D eigenvalue weighted by Crippen LogP contribution is 2.22. The van der Waals surface area contributed by atoms with E-state index in [1.807, 2.05) is 6.07 Å². The van der Waals surface area contributed by atoms with Crippen LogP contribution in [0.3, 0.4) is 0 Å². The van der Waals surface area contributed by atoms with E-state index in [2.05, 4.69) is 12.6 Å². The maximum Gasteiger partial charge on any atom is 0.340 e. The molecule has 0 atom stereocenters. The lowest BCUT2D eigenvalue weighted by Gasteiger charge is -2.09. The Bertz CT molecular complexity index is 451. The molecule has 0 saturated heterocycles. The summed E-state index contributed by atoms with van der Waals surface area (Å²) < 4.78 is 4.83. The average molecular weight is 237 g/mol. The quantitative estimate of drug-likeness (QED) is 0.617. The zero-order valence-corrected chi connectivity index (χ0v) is 9.62. The van der Waals surface area contributed by atoms with E-state index in [4.69, 9.17) is 15.1 Å². The van der Waals surface area contributed by atoms with Gasteiger partial charge in [-0.25, -0.2) is 4.79 Å². The molecule has 0 unspecified atom stereocenters. The van der Waals surface area contributed by atoms with Gasteiger partial charge in [0.25, 0.3) is 0 Å². The van der Waals surface area contributed by atoms with Crippen LogP contribution in [0.4, 0.5) is 0 Å². The molecule has 4 nitrogen and oxygen atoms in total. The molecule has 84 valence electrons. The molecule has 0 spiro atoms. The number of carbonyl (C=O) groups is 1. The van der Waals surface area contributed by atoms with Crippen LogP contribution in [0.15, 0.2) is 17.0 Å². The van der Waals surface area contributed by atoms with Crippen LogP contribution in [0.25, 0.3) is 0 Å². The molecule has 0 amide bonds. The molecule has 0 heterocycles. The number of rotatable bonds is 3. The molecular weight excluding hydrogens is 226 g/mol. The predicted molar refractivity (Wildman–Crippen MR) is 60.3 cm³/mol. The first kappa shape index (κ1) is 12.6. The summed E-state index contributed by atoms with van der Waals surface area (Å²) in [4.78, 5) is 12.0. The number of aliphatic hydroxyl groups is 1. The minimum absolute atomic E-state index is 0.110. The minimum atomic E-state index is -0.598. The highest BCUT2D eigenvalue weighted by atomic mass is 32.1. The lowest BCUT2D eigenvalue weighted by atomic mass is 10.0. The molecule has 1 rings (SSSR count). The summed E-state index contributed by atoms with van der Waals surface area (Å²) in [5.41, 5.74) is 0.621. The molecule has 1 aromatic rings. The van der Waals surface area contributed by atoms with Crippen LogP contribution < -0.4 is 0 Å². The van der Waals surface area contributed by atoms with Gasteiger partial charge in [-0.1, -0.05) is 6.07 Å². The third-order valence-corrected chi connectivity index (χ3v) is 2.40. The first-order valence-corrected chi connectivity index (χ1v) is 5.13. The summed E-state index contributed by atoms with van der Waals surface area (Å²) in [6.45, 7) is 1.60. The Morgan fingerprint density at radius 2 is 2.31 bits per heavy atom. The number of thiol groups is 1. The first-order valence-electron chi connectivity index (χ1n) is 4.68. The number of nitriles is 1. The minimum Gasteiger partial charge on any atom is -0.462 e. The van der Waals surface area contributed by atoms with Crippen LogP contribution in [0.2, 0.25) is 0 Å². The second kappa shape index (κ2) is 5.54. The third kappa shape index (κ3) is 2.35. The molecule has 0 saturated carbocycles. The number of esters is 1. The maximum atomic E-state index is 11.6. The fourth-order valence-electron chi connectivity index (χ4n) is 1.30. The van der Waals surface area contributed by atoms with Crippen molar-refractivity contribution in [3.63, 3.8) is 0 Å². The molecule has 5 heteroatoms. The van der Waals surface area contributed by atoms with Crippen LogP contribution in [0.5, 0.6) is 0 Å². The van der Waals surface area contributed by atoms with Gasteiger partial charge in [0.15, 0.2) is 0 Å². The van der Waals surface area contributed by atoms with Gasteiger partial charge in [0.2, 0.25) is 0 Å². The first-order chi connectivity index (χ1) is 7.65. The number of nitrogens with zero attached hydrogens (tertiary/aromatic N) is 1. The van der Waals surface area contributed by atoms with Gasteiger partial charge in [-0.2, -0.15) is 5.26 Å². The van der Waals surface area contributed by atoms with Crippen LogP contribution in [0.1, 0.15) is 28.4 Å². The Morgan fingerprint density at radius 3 is 2.81 bits per heavy atom. The summed E-state index contributed by atoms with van der Waals surface area (Å²) >= 11 is 4.11. The average Bonchev–Trinajstić information content (AvgIpc) is 2.28. The second-order valence-electron chi connectivity index (χ2n) is 2.98. The number of aliphatic hydroxyl groups excluding tert-OH is 1. The molecule has 0 bridgehead atoms. The smallest absolute Gasteiger partial charge is 0.340 e. The van der Waals surface area contributed by atoms with Gasteiger partial charge in [-0.15, -0.1) is 12.6 Å². The molecule has 0 aliphatic rings. The van der Waals surface area contributed by atoms with Gasteiger partial charge in [0, 0.05) is 4.90 Å². The summed E-state index contributed by atoms with van der Waals surface area (Å²) in [7, 11) is 0. The lowest BCUT2D eigenvalue weighted by molar-refractivity contribution is 0.0521. The summed E-state index contributed by atoms with van der Waals surface area (Å²) in [5, 5.41) is 18.0. The number of carbonyl (C=O) groups excluding carboxylic acids is 1. The summed E-state index contributed by atoms with van der Waals surface area (Å²) in [6, 6.07) is 5.00. The maximum absolute atomic E-state index is 11.6. The van der Waals surface area contributed by atoms with Gasteiger partial charge in [-0.05, 0) is 18.6 Å². The van der Waals surface area contributed by atoms with Crippen LogP contribution in [-0.4, -0.2) is 17.7 Å². The zero-order valence-electron chi connectivity index (χ0n) is 8.73. The molecule has 0 aromatic heterocycles. The van der Waals surface area contributed by atoms with E-state index in [0.717, 1.165) is 0 Å². The van der Waals surface area contributed by atoms with E-state index in [-0.39, 0.29) is 24.3 Å². The van der Waals surface area contributed by atoms with Crippen molar-refractivity contribution < 1.29 is 14.6 Å². The standard InChI is InChI=1S/C11H11NO3S/c1-2-15-11(14)10-8(5-12)7(6-13)3-4-9(10)16/h3-4,13,16H,2,6H2,1H3. The third-order valence-electron chi connectivity index (χ3n) is 2.03. The number of hydrogen-bond acceptors (Lipinski definition) is 5. The topological polar surface area (TPSA) is 70.3 Å². The van der Waals surface area contributed by atoms with Crippen molar-refractivity contribution in [1.29, 1.82) is 5.26 Å². The highest BCUT2D eigenvalue weighted by Gasteiger charge is 2.18. The van der Waals surface area contributed by atoms with Crippen LogP contribution in [0, 0.1) is 11.3 Å². The Hall–Kier alpha value is -1.51. The molecule has 0 radical (unpaired) electrons. The van der Waals surface area contributed by atoms with E-state index < -0.39 is 5.97 Å². The number of ether oxygens (including phenoxy) is 1. The van der Waals surface area contributed by atoms with Crippen molar-refractivity contribution in [3.8, 4) is 6.07 Å². The van der Waals surface area contributed by atoms with Gasteiger partial charge in [0.1, 0.15) is 6.07 Å². The van der Waals surface area contributed by atoms with Crippen LogP contribution >= 0.6 is 12.6 Å². The van der Waals surface area contributed by atoms with Crippen molar-refractivity contribution in [2.24, 2.45) is 0 Å². The normalized spacial score (nSPS) is 9.62. The molecular formula is C11H11NO3S. The van der Waals surface area contributed by atoms with Gasteiger partial charge < -0.3 is 9.84 Å². The molecule has 0 fully saturated rings. The largest absolute Gasteiger partial charge is 0.462 e. The van der Waals surface area contributed by atoms with Crippen molar-refractivity contribution >= 4 is 18.6 Å². The van der Waals surface area contributed by atoms with Gasteiger partial charge >= 0.3 is 5.97 Å². The van der Waals surface area contributed by atoms with Crippen molar-refractivity contribution in [1.82, 2.24) is 0 Å². The Kier molecular flexibility index (Phi) is 4.35. The van der Waals surface area contributed by atoms with Gasteiger partial charge in [0.05, 0.1) is 24.3 Å². The number of hydrogen-bond donors (Lipinski definition) is 2. The zero-order chi connectivity index (χ0) is 12.1. The SMILES string of the molecule is CCOC(=O)c1c(S)ccc(CO)c1C#N. The second-order valence-corrected chi connectivity index (χ2v) is 3.47. The molecule has 1 aromatic carbocycles. The van der Waals surface area contributed by atoms with E-state index in [9.17, 15) is 4.79 Å². The summed E-state index contributed by atoms with van der Waals surface area (Å²) in [5.74, 6) is -0.598. The lowest BCUT2D eigenvalue weighted by Crippen LogP contribution is -2.10. The molecule has 0 aliphatic heterocycles. The van der Waals surface area contributed by atoms with E-state index >= 15 is 0 Å². The highest BCUT2D eigenvalue weighted by molar-refractivity contribution is 7.80. The molecule has 16 heavy (non-hydrogen) atoms. The Labute approximate surface area is 98.9 Å². The van der Waals surface area contributed by atoms with Crippen molar-refractivity contribution in [2.75, 3.05) is 6.61 Å². The van der Waals surface area contributed by atoms with E-state index in [1.54, 1.807) is 19.1 Å². The van der Waals surface area contributed by atoms with Crippen LogP contribution in [-0.2, 0) is 11.3 Å².